The highest BCUT2D eigenvalue weighted by Crippen LogP contribution is 2.38. The van der Waals surface area contributed by atoms with Gasteiger partial charge in [0, 0.05) is 18.6 Å². The van der Waals surface area contributed by atoms with E-state index in [0.717, 1.165) is 18.0 Å². The van der Waals surface area contributed by atoms with Crippen LogP contribution in [0.4, 0.5) is 0 Å². The first-order valence-corrected chi connectivity index (χ1v) is 4.53. The predicted octanol–water partition coefficient (Wildman–Crippen LogP) is 1.88. The highest BCUT2D eigenvalue weighted by atomic mass is 15.2. The topological polar surface area (TPSA) is 3.24 Å². The van der Waals surface area contributed by atoms with Gasteiger partial charge in [-0.15, -0.1) is 0 Å². The zero-order chi connectivity index (χ0) is 7.14. The Morgan fingerprint density at radius 2 is 2.10 bits per heavy atom. The van der Waals surface area contributed by atoms with E-state index in [-0.39, 0.29) is 0 Å². The molecule has 2 bridgehead atoms. The Labute approximate surface area is 63.4 Å². The third-order valence-corrected chi connectivity index (χ3v) is 3.11. The molecule has 2 unspecified atom stereocenters. The number of fused-ring (bicyclic) bond motifs is 2. The minimum atomic E-state index is 0.787. The molecule has 1 heterocycles. The first kappa shape index (κ1) is 6.66. The lowest BCUT2D eigenvalue weighted by molar-refractivity contribution is 0.170. The van der Waals surface area contributed by atoms with Crippen LogP contribution in [0.15, 0.2) is 0 Å². The van der Waals surface area contributed by atoms with Crippen LogP contribution in [-0.4, -0.2) is 23.5 Å². The Morgan fingerprint density at radius 1 is 1.30 bits per heavy atom. The third kappa shape index (κ3) is 0.878. The number of likely N-dealkylation sites (tertiary alicyclic amines) is 1. The SMILES string of the molecule is CC(C)N1CC2CCC1C2. The third-order valence-electron chi connectivity index (χ3n) is 3.11. The van der Waals surface area contributed by atoms with Crippen molar-refractivity contribution in [3.63, 3.8) is 0 Å². The summed E-state index contributed by atoms with van der Waals surface area (Å²) in [5.41, 5.74) is 0. The number of piperidine rings is 1. The second-order valence-corrected chi connectivity index (χ2v) is 4.12. The maximum Gasteiger partial charge on any atom is 0.0101 e. The van der Waals surface area contributed by atoms with Crippen LogP contribution >= 0.6 is 0 Å². The zero-order valence-electron chi connectivity index (χ0n) is 7.01. The summed E-state index contributed by atoms with van der Waals surface area (Å²) in [7, 11) is 0. The minimum absolute atomic E-state index is 0.787. The molecule has 2 rings (SSSR count). The van der Waals surface area contributed by atoms with E-state index in [4.69, 9.17) is 0 Å². The Morgan fingerprint density at radius 3 is 2.40 bits per heavy atom. The van der Waals surface area contributed by atoms with Crippen molar-refractivity contribution in [1.82, 2.24) is 4.90 Å². The van der Waals surface area contributed by atoms with E-state index in [9.17, 15) is 0 Å². The quantitative estimate of drug-likeness (QED) is 0.536. The molecule has 0 aromatic heterocycles. The summed E-state index contributed by atoms with van der Waals surface area (Å²) in [5.74, 6) is 1.06. The zero-order valence-corrected chi connectivity index (χ0v) is 7.01. The van der Waals surface area contributed by atoms with Gasteiger partial charge in [0.05, 0.1) is 0 Å². The molecule has 0 spiro atoms. The molecule has 1 heteroatoms. The Hall–Kier alpha value is -0.0400. The molecule has 1 saturated heterocycles. The summed E-state index contributed by atoms with van der Waals surface area (Å²) in [6, 6.07) is 1.75. The van der Waals surface area contributed by atoms with Crippen LogP contribution in [0.3, 0.4) is 0 Å². The molecule has 2 atom stereocenters. The standard InChI is InChI=1S/C9H17N/c1-7(2)10-6-8-3-4-9(10)5-8/h7-9H,3-6H2,1-2H3. The van der Waals surface area contributed by atoms with E-state index in [1.807, 2.05) is 0 Å². The number of hydrogen-bond acceptors (Lipinski definition) is 1. The predicted molar refractivity (Wildman–Crippen MR) is 43.0 cm³/mol. The van der Waals surface area contributed by atoms with Crippen molar-refractivity contribution in [2.24, 2.45) is 5.92 Å². The van der Waals surface area contributed by atoms with Crippen molar-refractivity contribution in [3.05, 3.63) is 0 Å². The van der Waals surface area contributed by atoms with E-state index in [2.05, 4.69) is 18.7 Å². The monoisotopic (exact) mass is 139 g/mol. The average molecular weight is 139 g/mol. The van der Waals surface area contributed by atoms with Gasteiger partial charge in [-0.1, -0.05) is 0 Å². The Balaban J connectivity index is 2.02. The fourth-order valence-corrected chi connectivity index (χ4v) is 2.60. The van der Waals surface area contributed by atoms with Gasteiger partial charge < -0.3 is 0 Å². The molecule has 0 aromatic rings. The van der Waals surface area contributed by atoms with Gasteiger partial charge in [-0.2, -0.15) is 0 Å². The number of nitrogens with zero attached hydrogens (tertiary/aromatic N) is 1. The van der Waals surface area contributed by atoms with E-state index in [1.165, 1.54) is 25.8 Å². The van der Waals surface area contributed by atoms with Crippen LogP contribution in [0.1, 0.15) is 33.1 Å². The van der Waals surface area contributed by atoms with E-state index in [1.54, 1.807) is 0 Å². The maximum atomic E-state index is 2.67. The molecule has 0 amide bonds. The van der Waals surface area contributed by atoms with Gasteiger partial charge in [0.15, 0.2) is 0 Å². The molecule has 0 aromatic carbocycles. The van der Waals surface area contributed by atoms with Crippen molar-refractivity contribution in [2.75, 3.05) is 6.54 Å². The van der Waals surface area contributed by atoms with Crippen LogP contribution in [0.25, 0.3) is 0 Å². The number of rotatable bonds is 1. The Kier molecular flexibility index (Phi) is 1.48. The fourth-order valence-electron chi connectivity index (χ4n) is 2.60. The normalized spacial score (nSPS) is 39.9. The van der Waals surface area contributed by atoms with Gasteiger partial charge in [-0.05, 0) is 39.0 Å². The molecule has 1 nitrogen and oxygen atoms in total. The second-order valence-electron chi connectivity index (χ2n) is 4.12. The van der Waals surface area contributed by atoms with Crippen LogP contribution in [-0.2, 0) is 0 Å². The van der Waals surface area contributed by atoms with Crippen molar-refractivity contribution in [2.45, 2.75) is 45.2 Å². The lowest BCUT2D eigenvalue weighted by atomic mass is 10.1. The molecular formula is C9H17N. The number of hydrogen-bond donors (Lipinski definition) is 0. The second kappa shape index (κ2) is 2.23. The first-order chi connectivity index (χ1) is 4.77. The summed E-state index contributed by atoms with van der Waals surface area (Å²) < 4.78 is 0. The van der Waals surface area contributed by atoms with E-state index >= 15 is 0 Å². The summed E-state index contributed by atoms with van der Waals surface area (Å²) in [6.45, 7) is 6.03. The van der Waals surface area contributed by atoms with E-state index < -0.39 is 0 Å². The van der Waals surface area contributed by atoms with Crippen molar-refractivity contribution < 1.29 is 0 Å². The largest absolute Gasteiger partial charge is 0.298 e. The van der Waals surface area contributed by atoms with Crippen molar-refractivity contribution >= 4 is 0 Å². The van der Waals surface area contributed by atoms with Crippen LogP contribution < -0.4 is 0 Å². The highest BCUT2D eigenvalue weighted by Gasteiger charge is 2.38. The average Bonchev–Trinajstić information content (AvgIpc) is 2.44. The lowest BCUT2D eigenvalue weighted by Gasteiger charge is -2.30. The van der Waals surface area contributed by atoms with Gasteiger partial charge in [0.2, 0.25) is 0 Å². The molecule has 0 N–H and O–H groups in total. The van der Waals surface area contributed by atoms with Crippen LogP contribution in [0.2, 0.25) is 0 Å². The Bertz CT molecular complexity index is 131. The van der Waals surface area contributed by atoms with Crippen LogP contribution in [0.5, 0.6) is 0 Å². The van der Waals surface area contributed by atoms with Gasteiger partial charge in [-0.3, -0.25) is 4.90 Å². The smallest absolute Gasteiger partial charge is 0.0101 e. The van der Waals surface area contributed by atoms with E-state index in [0.29, 0.717) is 0 Å². The lowest BCUT2D eigenvalue weighted by Crippen LogP contribution is -2.37. The molecule has 58 valence electrons. The van der Waals surface area contributed by atoms with Crippen LogP contribution in [0, 0.1) is 5.92 Å². The summed E-state index contributed by atoms with van der Waals surface area (Å²) in [6.07, 6.45) is 4.48. The maximum absolute atomic E-state index is 2.67. The molecule has 1 aliphatic carbocycles. The summed E-state index contributed by atoms with van der Waals surface area (Å²) in [5, 5.41) is 0. The molecule has 1 aliphatic heterocycles. The van der Waals surface area contributed by atoms with Gasteiger partial charge in [0.1, 0.15) is 0 Å². The molecule has 0 radical (unpaired) electrons. The minimum Gasteiger partial charge on any atom is -0.298 e. The molecule has 2 fully saturated rings. The van der Waals surface area contributed by atoms with Gasteiger partial charge in [0.25, 0.3) is 0 Å². The fraction of sp³-hybridized carbons (Fsp3) is 1.00. The van der Waals surface area contributed by atoms with Crippen molar-refractivity contribution in [1.29, 1.82) is 0 Å². The van der Waals surface area contributed by atoms with Gasteiger partial charge >= 0.3 is 0 Å². The highest BCUT2D eigenvalue weighted by molar-refractivity contribution is 4.93. The molecular weight excluding hydrogens is 122 g/mol. The summed E-state index contributed by atoms with van der Waals surface area (Å²) >= 11 is 0. The van der Waals surface area contributed by atoms with Gasteiger partial charge in [-0.25, -0.2) is 0 Å². The molecule has 1 saturated carbocycles. The first-order valence-electron chi connectivity index (χ1n) is 4.53. The summed E-state index contributed by atoms with van der Waals surface area (Å²) in [4.78, 5) is 2.67. The molecule has 2 aliphatic rings. The van der Waals surface area contributed by atoms with Crippen molar-refractivity contribution in [3.8, 4) is 0 Å². The molecule has 10 heavy (non-hydrogen) atoms.